The summed E-state index contributed by atoms with van der Waals surface area (Å²) in [5.41, 5.74) is 16.3. The number of aliphatic imine (C=N–C) groups is 1. The van der Waals surface area contributed by atoms with Gasteiger partial charge in [-0.3, -0.25) is 4.99 Å². The number of hydrogen-bond acceptors (Lipinski definition) is 3. The SMILES string of the molecule is CCC1/C(c2ccc3oc4ccccc4c3c2)=C/CC(C)/C(c2cc3c(cc2-n2c4cc5ccccc5cc4c4cc5ccccc5cc42)oc2ccccc23)=N\C1c1ccc2c3ccccc3n(-c3ccccc3)c2c1. The summed E-state index contributed by atoms with van der Waals surface area (Å²) in [4.78, 5) is 6.36. The number of allylic oxidation sites excluding steroid dienone is 1. The molecule has 0 saturated carbocycles. The molecular weight excluding hydrogens is 939 g/mol. The van der Waals surface area contributed by atoms with Crippen molar-refractivity contribution in [3.63, 3.8) is 0 Å². The molecule has 3 unspecified atom stereocenters. The van der Waals surface area contributed by atoms with Crippen LogP contribution < -0.4 is 0 Å². The standard InChI is InChI=1S/C72H51N3O2/c1-3-51-52(48-31-34-69-59(37-48)55-24-12-15-27-67(55)76-69)32-29-43(2)71(73-72(51)49-30-33-54-53-23-11-14-26-62(53)74(63(54)40-49)50-21-5-4-6-22-50)61-41-60-56-25-13-16-28-68(56)77-70(60)42-66(61)75-64-38-46-19-9-7-17-44(46)35-57(64)58-36-45-18-8-10-20-47(45)39-65(58)75/h4-28,30-43,51,72H,3,29H2,1-2H3/b52-32+,73-71+. The largest absolute Gasteiger partial charge is 0.456 e. The molecule has 5 heteroatoms. The second kappa shape index (κ2) is 17.0. The smallest absolute Gasteiger partial charge is 0.137 e. The van der Waals surface area contributed by atoms with Crippen LogP contribution in [0.2, 0.25) is 0 Å². The molecule has 0 bridgehead atoms. The average molecular weight is 990 g/mol. The molecule has 16 rings (SSSR count). The monoisotopic (exact) mass is 989 g/mol. The molecule has 5 nitrogen and oxygen atoms in total. The molecule has 0 amide bonds. The first kappa shape index (κ1) is 43.9. The van der Waals surface area contributed by atoms with Gasteiger partial charge in [0, 0.05) is 78.0 Å². The molecule has 366 valence electrons. The molecule has 0 saturated heterocycles. The number of fused-ring (bicyclic) bond motifs is 14. The Morgan fingerprint density at radius 1 is 0.442 bits per heavy atom. The fourth-order valence-electron chi connectivity index (χ4n) is 13.3. The van der Waals surface area contributed by atoms with Gasteiger partial charge in [0.15, 0.2) is 0 Å². The Morgan fingerprint density at radius 2 is 1.00 bits per heavy atom. The number of hydrogen-bond donors (Lipinski definition) is 0. The zero-order chi connectivity index (χ0) is 50.9. The summed E-state index contributed by atoms with van der Waals surface area (Å²) in [6.45, 7) is 4.73. The van der Waals surface area contributed by atoms with Crippen LogP contribution in [0.15, 0.2) is 244 Å². The van der Waals surface area contributed by atoms with Gasteiger partial charge in [0.25, 0.3) is 0 Å². The van der Waals surface area contributed by atoms with Crippen LogP contribution in [-0.4, -0.2) is 14.8 Å². The summed E-state index contributed by atoms with van der Waals surface area (Å²) in [6.07, 6.45) is 4.22. The Balaban J connectivity index is 0.994. The first-order valence-electron chi connectivity index (χ1n) is 27.1. The minimum Gasteiger partial charge on any atom is -0.456 e. The van der Waals surface area contributed by atoms with Gasteiger partial charge in [-0.1, -0.05) is 159 Å². The quantitative estimate of drug-likeness (QED) is 0.167. The number of benzene rings is 11. The van der Waals surface area contributed by atoms with E-state index < -0.39 is 0 Å². The van der Waals surface area contributed by atoms with Crippen molar-refractivity contribution < 1.29 is 8.83 Å². The van der Waals surface area contributed by atoms with Crippen LogP contribution in [0.25, 0.3) is 126 Å². The van der Waals surface area contributed by atoms with Crippen molar-refractivity contribution in [3.05, 3.63) is 247 Å². The van der Waals surface area contributed by atoms with E-state index in [-0.39, 0.29) is 17.9 Å². The van der Waals surface area contributed by atoms with Crippen LogP contribution in [0, 0.1) is 11.8 Å². The van der Waals surface area contributed by atoms with Crippen molar-refractivity contribution >= 4 is 120 Å². The summed E-state index contributed by atoms with van der Waals surface area (Å²) < 4.78 is 18.2. The third-order valence-corrected chi connectivity index (χ3v) is 16.9. The lowest BCUT2D eigenvalue weighted by molar-refractivity contribution is 0.514. The predicted octanol–water partition coefficient (Wildman–Crippen LogP) is 19.7. The Morgan fingerprint density at radius 3 is 1.69 bits per heavy atom. The summed E-state index contributed by atoms with van der Waals surface area (Å²) in [6, 6.07) is 82.0. The van der Waals surface area contributed by atoms with Gasteiger partial charge in [0.2, 0.25) is 0 Å². The molecule has 0 N–H and O–H groups in total. The van der Waals surface area contributed by atoms with Gasteiger partial charge in [-0.15, -0.1) is 0 Å². The second-order valence-corrected chi connectivity index (χ2v) is 21.3. The first-order chi connectivity index (χ1) is 38.0. The van der Waals surface area contributed by atoms with Crippen LogP contribution in [-0.2, 0) is 0 Å². The van der Waals surface area contributed by atoms with Crippen molar-refractivity contribution in [2.24, 2.45) is 16.8 Å². The molecule has 1 aliphatic rings. The van der Waals surface area contributed by atoms with E-state index >= 15 is 0 Å². The minimum absolute atomic E-state index is 0.0207. The molecule has 77 heavy (non-hydrogen) atoms. The Hall–Kier alpha value is -9.45. The summed E-state index contributed by atoms with van der Waals surface area (Å²) in [5.74, 6) is 0.0421. The number of rotatable bonds is 6. The van der Waals surface area contributed by atoms with Crippen molar-refractivity contribution in [3.8, 4) is 11.4 Å². The maximum atomic E-state index is 6.85. The van der Waals surface area contributed by atoms with E-state index in [0.717, 1.165) is 90.4 Å². The van der Waals surface area contributed by atoms with Gasteiger partial charge in [-0.05, 0) is 130 Å². The molecule has 3 atom stereocenters. The molecule has 0 spiro atoms. The van der Waals surface area contributed by atoms with Gasteiger partial charge in [0.05, 0.1) is 33.8 Å². The highest BCUT2D eigenvalue weighted by Gasteiger charge is 2.33. The Labute approximate surface area is 444 Å². The second-order valence-electron chi connectivity index (χ2n) is 21.3. The third-order valence-electron chi connectivity index (χ3n) is 16.9. The van der Waals surface area contributed by atoms with Gasteiger partial charge in [0.1, 0.15) is 22.3 Å². The zero-order valence-corrected chi connectivity index (χ0v) is 42.7. The van der Waals surface area contributed by atoms with Crippen molar-refractivity contribution in [1.29, 1.82) is 0 Å². The van der Waals surface area contributed by atoms with E-state index in [9.17, 15) is 0 Å². The predicted molar refractivity (Wildman–Crippen MR) is 322 cm³/mol. The Kier molecular flexibility index (Phi) is 9.71. The van der Waals surface area contributed by atoms with Crippen LogP contribution in [0.5, 0.6) is 0 Å². The lowest BCUT2D eigenvalue weighted by Gasteiger charge is -2.32. The highest BCUT2D eigenvalue weighted by atomic mass is 16.3. The highest BCUT2D eigenvalue weighted by Crippen LogP contribution is 2.47. The van der Waals surface area contributed by atoms with Gasteiger partial charge in [-0.25, -0.2) is 0 Å². The molecule has 0 fully saturated rings. The normalized spacial score (nSPS) is 17.8. The van der Waals surface area contributed by atoms with Gasteiger partial charge < -0.3 is 18.0 Å². The maximum Gasteiger partial charge on any atom is 0.137 e. The van der Waals surface area contributed by atoms with Crippen LogP contribution in [0.3, 0.4) is 0 Å². The van der Waals surface area contributed by atoms with E-state index in [0.29, 0.717) is 0 Å². The van der Waals surface area contributed by atoms with Crippen molar-refractivity contribution in [1.82, 2.24) is 9.13 Å². The maximum absolute atomic E-state index is 6.85. The third kappa shape index (κ3) is 6.76. The van der Waals surface area contributed by atoms with E-state index in [1.54, 1.807) is 0 Å². The fraction of sp³-hybridized carbons (Fsp3) is 0.0972. The van der Waals surface area contributed by atoms with Crippen molar-refractivity contribution in [2.75, 3.05) is 0 Å². The lowest BCUT2D eigenvalue weighted by Crippen LogP contribution is -2.23. The molecule has 0 radical (unpaired) electrons. The number of nitrogens with zero attached hydrogens (tertiary/aromatic N) is 3. The molecule has 11 aromatic carbocycles. The van der Waals surface area contributed by atoms with Gasteiger partial charge in [-0.2, -0.15) is 0 Å². The number of para-hydroxylation sites is 4. The van der Waals surface area contributed by atoms with Crippen LogP contribution >= 0.6 is 0 Å². The summed E-state index contributed by atoms with van der Waals surface area (Å²) in [7, 11) is 0. The Bertz CT molecular complexity index is 4890. The first-order valence-corrected chi connectivity index (χ1v) is 27.1. The van der Waals surface area contributed by atoms with E-state index in [1.165, 1.54) is 70.8 Å². The topological polar surface area (TPSA) is 48.5 Å². The molecule has 5 heterocycles. The van der Waals surface area contributed by atoms with Crippen molar-refractivity contribution in [2.45, 2.75) is 32.7 Å². The van der Waals surface area contributed by atoms with Gasteiger partial charge >= 0.3 is 0 Å². The number of furan rings is 2. The fourth-order valence-corrected chi connectivity index (χ4v) is 13.3. The van der Waals surface area contributed by atoms with Crippen LogP contribution in [0.1, 0.15) is 49.4 Å². The zero-order valence-electron chi connectivity index (χ0n) is 42.7. The van der Waals surface area contributed by atoms with E-state index in [1.807, 2.05) is 0 Å². The highest BCUT2D eigenvalue weighted by molar-refractivity contribution is 6.19. The van der Waals surface area contributed by atoms with E-state index in [4.69, 9.17) is 13.8 Å². The molecule has 15 aromatic rings. The molecule has 1 aliphatic heterocycles. The summed E-state index contributed by atoms with van der Waals surface area (Å²) >= 11 is 0. The van der Waals surface area contributed by atoms with E-state index in [2.05, 4.69) is 254 Å². The number of aromatic nitrogens is 2. The van der Waals surface area contributed by atoms with Crippen LogP contribution in [0.4, 0.5) is 0 Å². The lowest BCUT2D eigenvalue weighted by atomic mass is 9.78. The summed E-state index contributed by atoms with van der Waals surface area (Å²) in [5, 5.41) is 14.2. The molecular formula is C72H51N3O2. The average Bonchev–Trinajstić information content (AvgIpc) is 4.44. The minimum atomic E-state index is -0.261. The molecule has 4 aromatic heterocycles. The molecule has 0 aliphatic carbocycles.